The van der Waals surface area contributed by atoms with E-state index in [0.29, 0.717) is 17.5 Å². The summed E-state index contributed by atoms with van der Waals surface area (Å²) in [5.74, 6) is 1.84. The molecule has 7 aromatic carbocycles. The lowest BCUT2D eigenvalue weighted by Gasteiger charge is -2.13. The number of hydrogen-bond donors (Lipinski definition) is 0. The van der Waals surface area contributed by atoms with Gasteiger partial charge in [0.05, 0.1) is 11.0 Å². The Hall–Kier alpha value is -7.25. The third-order valence-corrected chi connectivity index (χ3v) is 9.59. The lowest BCUT2D eigenvalue weighted by Crippen LogP contribution is -2.01. The van der Waals surface area contributed by atoms with E-state index >= 15 is 0 Å². The van der Waals surface area contributed by atoms with Gasteiger partial charge in [0.1, 0.15) is 12.7 Å². The molecule has 7 nitrogen and oxygen atoms in total. The summed E-state index contributed by atoms with van der Waals surface area (Å²) in [6.07, 6.45) is 6.83. The van der Waals surface area contributed by atoms with Crippen molar-refractivity contribution in [2.45, 2.75) is 0 Å². The molecule has 0 amide bonds. The highest BCUT2D eigenvalue weighted by atomic mass is 15.0. The van der Waals surface area contributed by atoms with Gasteiger partial charge in [0, 0.05) is 39.9 Å². The molecule has 0 saturated carbocycles. The molecule has 0 spiro atoms. The Morgan fingerprint density at radius 2 is 0.750 bits per heavy atom. The molecule has 0 N–H and O–H groups in total. The van der Waals surface area contributed by atoms with E-state index in [1.54, 1.807) is 12.7 Å². The lowest BCUT2D eigenvalue weighted by atomic mass is 9.96. The van der Waals surface area contributed by atoms with Crippen LogP contribution in [0.25, 0.3) is 99.8 Å². The molecule has 0 bridgehead atoms. The van der Waals surface area contributed by atoms with Gasteiger partial charge in [0.2, 0.25) is 0 Å². The Labute approximate surface area is 298 Å². The zero-order valence-corrected chi connectivity index (χ0v) is 27.7. The molecule has 0 unspecified atom stereocenters. The molecule has 0 saturated heterocycles. The van der Waals surface area contributed by atoms with Crippen molar-refractivity contribution >= 4 is 43.4 Å². The molecule has 0 aliphatic rings. The number of rotatable bonds is 5. The number of benzene rings is 7. The highest BCUT2D eigenvalue weighted by molar-refractivity contribution is 6.11. The first-order chi connectivity index (χ1) is 25.7. The SMILES string of the molecule is c1ccc2c(-c3nc(-c4ccc(-c5ccc6ncncc6c5)cc4)nc(-c4ccc(-c5ccc6ncncc6c5)cc4)n3)c3ccccc3cc2c1. The predicted molar refractivity (Wildman–Crippen MR) is 208 cm³/mol. The summed E-state index contributed by atoms with van der Waals surface area (Å²) in [6, 6.07) is 48.3. The van der Waals surface area contributed by atoms with Crippen molar-refractivity contribution in [1.29, 1.82) is 0 Å². The van der Waals surface area contributed by atoms with Crippen LogP contribution < -0.4 is 0 Å². The van der Waals surface area contributed by atoms with E-state index in [9.17, 15) is 0 Å². The summed E-state index contributed by atoms with van der Waals surface area (Å²) in [5, 5.41) is 6.45. The summed E-state index contributed by atoms with van der Waals surface area (Å²) in [5.41, 5.74) is 8.97. The third kappa shape index (κ3) is 5.28. The minimum atomic E-state index is 0.606. The monoisotopic (exact) mass is 665 g/mol. The Bertz CT molecular complexity index is 2760. The first kappa shape index (κ1) is 29.6. The summed E-state index contributed by atoms with van der Waals surface area (Å²) < 4.78 is 0. The second-order valence-corrected chi connectivity index (χ2v) is 12.7. The largest absolute Gasteiger partial charge is 0.244 e. The van der Waals surface area contributed by atoms with E-state index < -0.39 is 0 Å². The number of hydrogen-bond acceptors (Lipinski definition) is 7. The van der Waals surface area contributed by atoms with Gasteiger partial charge in [-0.05, 0) is 74.1 Å². The predicted octanol–water partition coefficient (Wildman–Crippen LogP) is 10.4. The van der Waals surface area contributed by atoms with Crippen molar-refractivity contribution in [2.24, 2.45) is 0 Å². The summed E-state index contributed by atoms with van der Waals surface area (Å²) in [6.45, 7) is 0. The van der Waals surface area contributed by atoms with E-state index in [0.717, 1.165) is 82.3 Å². The Morgan fingerprint density at radius 3 is 1.25 bits per heavy atom. The van der Waals surface area contributed by atoms with E-state index in [4.69, 9.17) is 15.0 Å². The standard InChI is InChI=1S/C45H27N7/c1-3-7-38-34(5-1)23-35-6-2-4-8-39(35)42(38)45-51-43(30-13-9-28(10-14-30)32-17-19-40-36(21-32)24-46-26-48-40)50-44(52-45)31-15-11-29(12-16-31)33-18-20-41-37(22-33)25-47-27-49-41/h1-27H. The van der Waals surface area contributed by atoms with E-state index in [1.807, 2.05) is 24.5 Å². The van der Waals surface area contributed by atoms with Gasteiger partial charge in [-0.2, -0.15) is 0 Å². The number of aromatic nitrogens is 7. The highest BCUT2D eigenvalue weighted by Gasteiger charge is 2.17. The van der Waals surface area contributed by atoms with Crippen LogP contribution in [0, 0.1) is 0 Å². The van der Waals surface area contributed by atoms with Gasteiger partial charge in [-0.15, -0.1) is 0 Å². The van der Waals surface area contributed by atoms with Crippen molar-refractivity contribution < 1.29 is 0 Å². The van der Waals surface area contributed by atoms with Crippen molar-refractivity contribution in [3.63, 3.8) is 0 Å². The van der Waals surface area contributed by atoms with Crippen LogP contribution in [0.3, 0.4) is 0 Å². The molecule has 0 aliphatic carbocycles. The van der Waals surface area contributed by atoms with Crippen LogP contribution in [0.2, 0.25) is 0 Å². The van der Waals surface area contributed by atoms with Crippen LogP contribution in [0.15, 0.2) is 165 Å². The first-order valence-corrected chi connectivity index (χ1v) is 17.0. The molecule has 3 aromatic heterocycles. The first-order valence-electron chi connectivity index (χ1n) is 17.0. The molecule has 0 atom stereocenters. The van der Waals surface area contributed by atoms with Gasteiger partial charge in [-0.3, -0.25) is 0 Å². The quantitative estimate of drug-likeness (QED) is 0.169. The summed E-state index contributed by atoms with van der Waals surface area (Å²) in [7, 11) is 0. The normalized spacial score (nSPS) is 11.5. The topological polar surface area (TPSA) is 90.2 Å². The summed E-state index contributed by atoms with van der Waals surface area (Å²) >= 11 is 0. The van der Waals surface area contributed by atoms with Crippen LogP contribution in [0.1, 0.15) is 0 Å². The van der Waals surface area contributed by atoms with Gasteiger partial charge in [-0.25, -0.2) is 34.9 Å². The Kier molecular flexibility index (Phi) is 6.99. The third-order valence-electron chi connectivity index (χ3n) is 9.59. The zero-order valence-electron chi connectivity index (χ0n) is 27.7. The molecule has 0 aliphatic heterocycles. The van der Waals surface area contributed by atoms with Crippen LogP contribution in [-0.4, -0.2) is 34.9 Å². The van der Waals surface area contributed by atoms with Crippen molar-refractivity contribution in [3.05, 3.63) is 165 Å². The van der Waals surface area contributed by atoms with Crippen molar-refractivity contribution in [1.82, 2.24) is 34.9 Å². The molecule has 10 rings (SSSR count). The van der Waals surface area contributed by atoms with Gasteiger partial charge in [-0.1, -0.05) is 109 Å². The van der Waals surface area contributed by atoms with Gasteiger partial charge in [0.25, 0.3) is 0 Å². The average molecular weight is 666 g/mol. The zero-order chi connectivity index (χ0) is 34.4. The van der Waals surface area contributed by atoms with Gasteiger partial charge in [0.15, 0.2) is 17.5 Å². The van der Waals surface area contributed by atoms with E-state index in [1.165, 1.54) is 0 Å². The van der Waals surface area contributed by atoms with Crippen molar-refractivity contribution in [3.8, 4) is 56.4 Å². The average Bonchev–Trinajstić information content (AvgIpc) is 3.22. The van der Waals surface area contributed by atoms with Crippen LogP contribution in [-0.2, 0) is 0 Å². The maximum atomic E-state index is 5.19. The number of nitrogens with zero attached hydrogens (tertiary/aromatic N) is 7. The minimum Gasteiger partial charge on any atom is -0.244 e. The second kappa shape index (κ2) is 12.3. The Balaban J connectivity index is 1.11. The smallest absolute Gasteiger partial charge is 0.165 e. The Morgan fingerprint density at radius 1 is 0.327 bits per heavy atom. The minimum absolute atomic E-state index is 0.606. The van der Waals surface area contributed by atoms with Crippen LogP contribution >= 0.6 is 0 Å². The van der Waals surface area contributed by atoms with E-state index in [2.05, 4.69) is 147 Å². The molecule has 10 aromatic rings. The molecule has 3 heterocycles. The molecule has 7 heteroatoms. The maximum absolute atomic E-state index is 5.19. The molecule has 0 radical (unpaired) electrons. The van der Waals surface area contributed by atoms with Crippen molar-refractivity contribution in [2.75, 3.05) is 0 Å². The number of fused-ring (bicyclic) bond motifs is 4. The fraction of sp³-hybridized carbons (Fsp3) is 0. The molecule has 0 fully saturated rings. The second-order valence-electron chi connectivity index (χ2n) is 12.7. The molecular weight excluding hydrogens is 639 g/mol. The fourth-order valence-corrected chi connectivity index (χ4v) is 6.95. The van der Waals surface area contributed by atoms with E-state index in [-0.39, 0.29) is 0 Å². The van der Waals surface area contributed by atoms with Gasteiger partial charge < -0.3 is 0 Å². The lowest BCUT2D eigenvalue weighted by molar-refractivity contribution is 1.08. The fourth-order valence-electron chi connectivity index (χ4n) is 6.95. The van der Waals surface area contributed by atoms with Crippen LogP contribution in [0.5, 0.6) is 0 Å². The summed E-state index contributed by atoms with van der Waals surface area (Å²) in [4.78, 5) is 32.6. The molecular formula is C45H27N7. The molecule has 52 heavy (non-hydrogen) atoms. The highest BCUT2D eigenvalue weighted by Crippen LogP contribution is 2.37. The molecule has 242 valence electrons. The maximum Gasteiger partial charge on any atom is 0.165 e. The van der Waals surface area contributed by atoms with Gasteiger partial charge >= 0.3 is 0 Å². The van der Waals surface area contributed by atoms with Crippen LogP contribution in [0.4, 0.5) is 0 Å².